The van der Waals surface area contributed by atoms with Crippen molar-refractivity contribution >= 4 is 12.0 Å². The molecule has 0 radical (unpaired) electrons. The molecule has 2 heterocycles. The molecule has 6 nitrogen and oxygen atoms in total. The number of carbonyl (C=O) groups is 2. The van der Waals surface area contributed by atoms with Gasteiger partial charge in [-0.1, -0.05) is 0 Å². The molecular weight excluding hydrogens is 234 g/mol. The molecule has 2 saturated heterocycles. The van der Waals surface area contributed by atoms with Gasteiger partial charge in [0.25, 0.3) is 0 Å². The summed E-state index contributed by atoms with van der Waals surface area (Å²) >= 11 is 0. The molecule has 102 valence electrons. The first-order valence-electron chi connectivity index (χ1n) is 6.54. The highest BCUT2D eigenvalue weighted by atomic mass is 16.4. The minimum absolute atomic E-state index is 0.0244. The third-order valence-electron chi connectivity index (χ3n) is 3.81. The van der Waals surface area contributed by atoms with E-state index in [1.54, 1.807) is 0 Å². The molecule has 2 fully saturated rings. The van der Waals surface area contributed by atoms with Crippen LogP contribution in [0.15, 0.2) is 0 Å². The van der Waals surface area contributed by atoms with Gasteiger partial charge in [0, 0.05) is 26.2 Å². The second-order valence-electron chi connectivity index (χ2n) is 5.20. The van der Waals surface area contributed by atoms with Crippen LogP contribution < -0.4 is 0 Å². The van der Waals surface area contributed by atoms with Crippen LogP contribution in [0.5, 0.6) is 0 Å². The lowest BCUT2D eigenvalue weighted by Crippen LogP contribution is -2.55. The van der Waals surface area contributed by atoms with Gasteiger partial charge >= 0.3 is 6.09 Å². The van der Waals surface area contributed by atoms with Crippen LogP contribution in [0, 0.1) is 0 Å². The Morgan fingerprint density at radius 3 is 2.78 bits per heavy atom. The van der Waals surface area contributed by atoms with Crippen LogP contribution in [0.3, 0.4) is 0 Å². The van der Waals surface area contributed by atoms with Crippen molar-refractivity contribution in [3.8, 4) is 0 Å². The molecule has 0 aromatic rings. The van der Waals surface area contributed by atoms with Crippen LogP contribution in [-0.4, -0.2) is 77.6 Å². The van der Waals surface area contributed by atoms with Crippen LogP contribution >= 0.6 is 0 Å². The molecule has 1 N–H and O–H groups in total. The SMILES string of the molecule is CN1CCN(CC2CCCCN2C(=O)O)C(=O)C1. The summed E-state index contributed by atoms with van der Waals surface area (Å²) in [5, 5.41) is 9.16. The second kappa shape index (κ2) is 5.56. The Labute approximate surface area is 107 Å². The molecule has 0 saturated carbocycles. The molecule has 1 unspecified atom stereocenters. The molecule has 1 atom stereocenters. The van der Waals surface area contributed by atoms with Crippen LogP contribution in [0.1, 0.15) is 19.3 Å². The van der Waals surface area contributed by atoms with Gasteiger partial charge in [-0.15, -0.1) is 0 Å². The first-order chi connectivity index (χ1) is 8.58. The van der Waals surface area contributed by atoms with Crippen molar-refractivity contribution in [1.29, 1.82) is 0 Å². The van der Waals surface area contributed by atoms with Crippen molar-refractivity contribution in [3.63, 3.8) is 0 Å². The maximum atomic E-state index is 11.9. The number of carboxylic acid groups (broad SMARTS) is 1. The summed E-state index contributed by atoms with van der Waals surface area (Å²) in [6.07, 6.45) is 1.99. The maximum Gasteiger partial charge on any atom is 0.407 e. The van der Waals surface area contributed by atoms with Gasteiger partial charge in [-0.05, 0) is 26.3 Å². The van der Waals surface area contributed by atoms with Crippen LogP contribution in [0.4, 0.5) is 4.79 Å². The van der Waals surface area contributed by atoms with Gasteiger partial charge in [0.05, 0.1) is 12.6 Å². The van der Waals surface area contributed by atoms with E-state index in [1.807, 2.05) is 16.8 Å². The second-order valence-corrected chi connectivity index (χ2v) is 5.20. The molecule has 0 bridgehead atoms. The first-order valence-corrected chi connectivity index (χ1v) is 6.54. The molecule has 18 heavy (non-hydrogen) atoms. The third kappa shape index (κ3) is 2.93. The topological polar surface area (TPSA) is 64.1 Å². The molecule has 2 aliphatic rings. The van der Waals surface area contributed by atoms with Gasteiger partial charge < -0.3 is 14.9 Å². The van der Waals surface area contributed by atoms with Crippen molar-refractivity contribution in [2.75, 3.05) is 39.8 Å². The first kappa shape index (κ1) is 13.1. The Kier molecular flexibility index (Phi) is 4.06. The summed E-state index contributed by atoms with van der Waals surface area (Å²) < 4.78 is 0. The predicted octanol–water partition coefficient (Wildman–Crippen LogP) is 0.293. The van der Waals surface area contributed by atoms with Gasteiger partial charge in [0.1, 0.15) is 0 Å². The fourth-order valence-corrected chi connectivity index (χ4v) is 2.72. The molecule has 2 rings (SSSR count). The van der Waals surface area contributed by atoms with Gasteiger partial charge in [0.2, 0.25) is 5.91 Å². The number of likely N-dealkylation sites (tertiary alicyclic amines) is 1. The largest absolute Gasteiger partial charge is 0.465 e. The van der Waals surface area contributed by atoms with E-state index in [4.69, 9.17) is 5.11 Å². The number of hydrogen-bond donors (Lipinski definition) is 1. The number of nitrogens with zero attached hydrogens (tertiary/aromatic N) is 3. The molecular formula is C12H21N3O3. The Morgan fingerprint density at radius 2 is 2.11 bits per heavy atom. The summed E-state index contributed by atoms with van der Waals surface area (Å²) in [4.78, 5) is 28.3. The smallest absolute Gasteiger partial charge is 0.407 e. The van der Waals surface area contributed by atoms with Crippen molar-refractivity contribution in [3.05, 3.63) is 0 Å². The van der Waals surface area contributed by atoms with E-state index in [2.05, 4.69) is 0 Å². The normalized spacial score (nSPS) is 26.5. The monoisotopic (exact) mass is 255 g/mol. The van der Waals surface area contributed by atoms with Gasteiger partial charge in [0.15, 0.2) is 0 Å². The summed E-state index contributed by atoms with van der Waals surface area (Å²) in [5.41, 5.74) is 0. The van der Waals surface area contributed by atoms with Gasteiger partial charge in [-0.2, -0.15) is 0 Å². The van der Waals surface area contributed by atoms with Crippen LogP contribution in [-0.2, 0) is 4.79 Å². The summed E-state index contributed by atoms with van der Waals surface area (Å²) in [6.45, 7) is 3.17. The molecule has 2 aliphatic heterocycles. The zero-order valence-corrected chi connectivity index (χ0v) is 10.8. The average molecular weight is 255 g/mol. The zero-order valence-electron chi connectivity index (χ0n) is 10.8. The molecule has 0 aromatic carbocycles. The lowest BCUT2D eigenvalue weighted by molar-refractivity contribution is -0.136. The van der Waals surface area contributed by atoms with Crippen molar-refractivity contribution in [2.45, 2.75) is 25.3 Å². The highest BCUT2D eigenvalue weighted by molar-refractivity contribution is 5.79. The lowest BCUT2D eigenvalue weighted by Gasteiger charge is -2.39. The van der Waals surface area contributed by atoms with E-state index in [0.29, 0.717) is 26.2 Å². The van der Waals surface area contributed by atoms with E-state index in [0.717, 1.165) is 25.8 Å². The molecule has 0 spiro atoms. The molecule has 0 aromatic heterocycles. The number of piperazine rings is 1. The van der Waals surface area contributed by atoms with E-state index in [1.165, 1.54) is 4.90 Å². The quantitative estimate of drug-likeness (QED) is 0.770. The van der Waals surface area contributed by atoms with Crippen LogP contribution in [0.2, 0.25) is 0 Å². The minimum Gasteiger partial charge on any atom is -0.465 e. The minimum atomic E-state index is -0.860. The fourth-order valence-electron chi connectivity index (χ4n) is 2.72. The Balaban J connectivity index is 1.94. The highest BCUT2D eigenvalue weighted by Crippen LogP contribution is 2.18. The van der Waals surface area contributed by atoms with E-state index in [9.17, 15) is 9.59 Å². The average Bonchev–Trinajstić information content (AvgIpc) is 2.33. The van der Waals surface area contributed by atoms with Gasteiger partial charge in [-0.3, -0.25) is 9.69 Å². The number of piperidine rings is 1. The predicted molar refractivity (Wildman–Crippen MR) is 66.4 cm³/mol. The molecule has 6 heteroatoms. The zero-order chi connectivity index (χ0) is 13.1. The standard InChI is InChI=1S/C12H21N3O3/c1-13-6-7-14(11(16)9-13)8-10-4-2-3-5-15(10)12(17)18/h10H,2-9H2,1H3,(H,17,18). The van der Waals surface area contributed by atoms with E-state index >= 15 is 0 Å². The van der Waals surface area contributed by atoms with Crippen LogP contribution in [0.25, 0.3) is 0 Å². The van der Waals surface area contributed by atoms with Gasteiger partial charge in [-0.25, -0.2) is 4.79 Å². The number of amides is 2. The number of hydrogen-bond acceptors (Lipinski definition) is 3. The van der Waals surface area contributed by atoms with E-state index < -0.39 is 6.09 Å². The van der Waals surface area contributed by atoms with Crippen molar-refractivity contribution < 1.29 is 14.7 Å². The Morgan fingerprint density at radius 1 is 1.33 bits per heavy atom. The molecule has 2 amide bonds. The van der Waals surface area contributed by atoms with Crippen molar-refractivity contribution in [2.24, 2.45) is 0 Å². The number of rotatable bonds is 2. The van der Waals surface area contributed by atoms with Crippen molar-refractivity contribution in [1.82, 2.24) is 14.7 Å². The number of likely N-dealkylation sites (N-methyl/N-ethyl adjacent to an activating group) is 1. The maximum absolute atomic E-state index is 11.9. The lowest BCUT2D eigenvalue weighted by atomic mass is 10.0. The summed E-state index contributed by atoms with van der Waals surface area (Å²) in [5.74, 6) is 0.111. The summed E-state index contributed by atoms with van der Waals surface area (Å²) in [7, 11) is 1.93. The molecule has 0 aliphatic carbocycles. The third-order valence-corrected chi connectivity index (χ3v) is 3.81. The van der Waals surface area contributed by atoms with E-state index in [-0.39, 0.29) is 11.9 Å². The summed E-state index contributed by atoms with van der Waals surface area (Å²) in [6, 6.07) is -0.0244. The Bertz CT molecular complexity index is 335. The number of carbonyl (C=O) groups excluding carboxylic acids is 1. The Hall–Kier alpha value is -1.30. The highest BCUT2D eigenvalue weighted by Gasteiger charge is 2.30. The fraction of sp³-hybridized carbons (Fsp3) is 0.833.